The molecular weight excluding hydrogens is 466 g/mol. The first-order valence-electron chi connectivity index (χ1n) is 11.4. The van der Waals surface area contributed by atoms with Crippen LogP contribution in [0.4, 0.5) is 11.4 Å². The van der Waals surface area contributed by atoms with E-state index in [1.165, 1.54) is 17.3 Å². The molecule has 2 aromatic carbocycles. The predicted octanol–water partition coefficient (Wildman–Crippen LogP) is 6.96. The average Bonchev–Trinajstić information content (AvgIpc) is 3.11. The molecule has 0 saturated carbocycles. The summed E-state index contributed by atoms with van der Waals surface area (Å²) < 4.78 is 5.76. The van der Waals surface area contributed by atoms with Gasteiger partial charge in [0.1, 0.15) is 5.75 Å². The summed E-state index contributed by atoms with van der Waals surface area (Å²) in [7, 11) is 1.67. The lowest BCUT2D eigenvalue weighted by molar-refractivity contribution is -0.115. The number of allylic oxidation sites excluding steroid dienone is 1. The van der Waals surface area contributed by atoms with E-state index in [-0.39, 0.29) is 11.4 Å². The van der Waals surface area contributed by atoms with E-state index in [1.54, 1.807) is 13.2 Å². The number of benzene rings is 2. The van der Waals surface area contributed by atoms with Crippen LogP contribution in [0.3, 0.4) is 0 Å². The lowest BCUT2D eigenvalue weighted by Crippen LogP contribution is -2.45. The molecule has 0 bridgehead atoms. The van der Waals surface area contributed by atoms with Crippen LogP contribution in [0, 0.1) is 6.92 Å². The van der Waals surface area contributed by atoms with Gasteiger partial charge in [0, 0.05) is 34.4 Å². The highest BCUT2D eigenvalue weighted by atomic mass is 35.5. The maximum Gasteiger partial charge on any atom is 0.264 e. The SMILES string of the molecule is CCCN1c2cc(OC)c(/C=C3/SC(=Nc4cc(Cl)ccc4C)NC3=O)cc2C(C)=CC1(C)C. The number of hydrogen-bond acceptors (Lipinski definition) is 5. The monoisotopic (exact) mass is 495 g/mol. The maximum absolute atomic E-state index is 12.7. The molecule has 0 unspecified atom stereocenters. The molecule has 2 aliphatic heterocycles. The summed E-state index contributed by atoms with van der Waals surface area (Å²) in [6, 6.07) is 9.75. The van der Waals surface area contributed by atoms with Crippen LogP contribution < -0.4 is 15.0 Å². The Labute approximate surface area is 210 Å². The fourth-order valence-corrected chi connectivity index (χ4v) is 5.47. The summed E-state index contributed by atoms with van der Waals surface area (Å²) in [4.78, 5) is 20.3. The number of halogens is 1. The van der Waals surface area contributed by atoms with E-state index in [4.69, 9.17) is 16.3 Å². The number of aryl methyl sites for hydroxylation is 1. The minimum atomic E-state index is -0.177. The minimum Gasteiger partial charge on any atom is -0.496 e. The molecule has 2 heterocycles. The van der Waals surface area contributed by atoms with Crippen LogP contribution >= 0.6 is 23.4 Å². The van der Waals surface area contributed by atoms with Crippen LogP contribution in [0.15, 0.2) is 46.3 Å². The van der Waals surface area contributed by atoms with Crippen LogP contribution in [-0.2, 0) is 4.79 Å². The van der Waals surface area contributed by atoms with Gasteiger partial charge in [0.05, 0.1) is 23.2 Å². The van der Waals surface area contributed by atoms with Gasteiger partial charge in [0.15, 0.2) is 5.17 Å². The normalized spacial score (nSPS) is 19.3. The number of hydrogen-bond donors (Lipinski definition) is 1. The van der Waals surface area contributed by atoms with E-state index in [0.717, 1.165) is 46.8 Å². The largest absolute Gasteiger partial charge is 0.496 e. The fraction of sp³-hybridized carbons (Fsp3) is 0.333. The lowest BCUT2D eigenvalue weighted by atomic mass is 9.87. The number of methoxy groups -OCH3 is 1. The second-order valence-corrected chi connectivity index (χ2v) is 10.6. The summed E-state index contributed by atoms with van der Waals surface area (Å²) in [5.41, 5.74) is 6.05. The number of carbonyl (C=O) groups is 1. The highest BCUT2D eigenvalue weighted by molar-refractivity contribution is 8.18. The van der Waals surface area contributed by atoms with Crippen molar-refractivity contribution in [3.8, 4) is 5.75 Å². The molecule has 1 fully saturated rings. The fourth-order valence-electron chi connectivity index (χ4n) is 4.48. The second-order valence-electron chi connectivity index (χ2n) is 9.16. The van der Waals surface area contributed by atoms with Gasteiger partial charge in [-0.05, 0) is 81.3 Å². The van der Waals surface area contributed by atoms with Crippen LogP contribution in [-0.4, -0.2) is 30.3 Å². The Balaban J connectivity index is 1.72. The third-order valence-corrected chi connectivity index (χ3v) is 7.25. The van der Waals surface area contributed by atoms with Crippen molar-refractivity contribution in [1.82, 2.24) is 5.32 Å². The molecule has 2 aliphatic rings. The number of nitrogens with one attached hydrogen (secondary N) is 1. The summed E-state index contributed by atoms with van der Waals surface area (Å²) in [6.07, 6.45) is 5.24. The second kappa shape index (κ2) is 9.51. The highest BCUT2D eigenvalue weighted by Gasteiger charge is 2.32. The molecule has 0 aromatic heterocycles. The number of aliphatic imine (C=N–C) groups is 1. The first-order valence-corrected chi connectivity index (χ1v) is 12.6. The number of anilines is 1. The van der Waals surface area contributed by atoms with Crippen molar-refractivity contribution in [2.75, 3.05) is 18.6 Å². The molecule has 0 radical (unpaired) electrons. The first-order chi connectivity index (χ1) is 16.1. The van der Waals surface area contributed by atoms with Crippen LogP contribution in [0.2, 0.25) is 5.02 Å². The molecule has 1 amide bonds. The summed E-state index contributed by atoms with van der Waals surface area (Å²) in [5, 5.41) is 4.01. The van der Waals surface area contributed by atoms with Gasteiger partial charge >= 0.3 is 0 Å². The molecule has 178 valence electrons. The van der Waals surface area contributed by atoms with Crippen molar-refractivity contribution >= 4 is 57.5 Å². The number of amides is 1. The number of thioether (sulfide) groups is 1. The zero-order valence-corrected chi connectivity index (χ0v) is 22.0. The van der Waals surface area contributed by atoms with E-state index in [9.17, 15) is 4.79 Å². The highest BCUT2D eigenvalue weighted by Crippen LogP contribution is 2.43. The molecule has 4 rings (SSSR count). The van der Waals surface area contributed by atoms with Crippen molar-refractivity contribution in [3.05, 3.63) is 63.0 Å². The van der Waals surface area contributed by atoms with Crippen LogP contribution in [0.25, 0.3) is 11.6 Å². The number of carbonyl (C=O) groups excluding carboxylic acids is 1. The van der Waals surface area contributed by atoms with Crippen LogP contribution in [0.5, 0.6) is 5.75 Å². The van der Waals surface area contributed by atoms with Gasteiger partial charge in [-0.15, -0.1) is 0 Å². The predicted molar refractivity (Wildman–Crippen MR) is 145 cm³/mol. The van der Waals surface area contributed by atoms with E-state index >= 15 is 0 Å². The number of ether oxygens (including phenoxy) is 1. The van der Waals surface area contributed by atoms with Gasteiger partial charge in [-0.2, -0.15) is 0 Å². The lowest BCUT2D eigenvalue weighted by Gasteiger charge is -2.43. The number of nitrogens with zero attached hydrogens (tertiary/aromatic N) is 2. The zero-order valence-electron chi connectivity index (χ0n) is 20.5. The van der Waals surface area contributed by atoms with Gasteiger partial charge < -0.3 is 15.0 Å². The molecule has 2 aromatic rings. The van der Waals surface area contributed by atoms with Crippen molar-refractivity contribution < 1.29 is 9.53 Å². The Bertz CT molecular complexity index is 1250. The van der Waals surface area contributed by atoms with Crippen molar-refractivity contribution in [1.29, 1.82) is 0 Å². The molecule has 0 spiro atoms. The smallest absolute Gasteiger partial charge is 0.264 e. The Kier molecular flexibility index (Phi) is 6.83. The standard InChI is InChI=1S/C27H30ClN3O2S/c1-7-10-31-22-14-23(33-6)18(11-20(22)17(3)15-27(31,4)5)12-24-25(32)30-26(34-24)29-21-13-19(28)9-8-16(21)2/h8-9,11-15H,7,10H2,1-6H3,(H,29,30,32)/b24-12+. The van der Waals surface area contributed by atoms with Gasteiger partial charge in [-0.1, -0.05) is 30.7 Å². The van der Waals surface area contributed by atoms with Gasteiger partial charge in [-0.25, -0.2) is 4.99 Å². The summed E-state index contributed by atoms with van der Waals surface area (Å²) >= 11 is 7.44. The molecule has 0 aliphatic carbocycles. The third kappa shape index (κ3) is 4.75. The Hall–Kier alpha value is -2.70. The Morgan fingerprint density at radius 3 is 2.71 bits per heavy atom. The summed E-state index contributed by atoms with van der Waals surface area (Å²) in [6.45, 7) is 11.7. The first kappa shape index (κ1) is 24.4. The van der Waals surface area contributed by atoms with E-state index in [0.29, 0.717) is 15.1 Å². The van der Waals surface area contributed by atoms with Gasteiger partial charge in [0.25, 0.3) is 5.91 Å². The molecule has 7 heteroatoms. The molecule has 5 nitrogen and oxygen atoms in total. The minimum absolute atomic E-state index is 0.0803. The number of amidine groups is 1. The van der Waals surface area contributed by atoms with E-state index in [2.05, 4.69) is 61.1 Å². The topological polar surface area (TPSA) is 53.9 Å². The number of rotatable bonds is 5. The van der Waals surface area contributed by atoms with Crippen molar-refractivity contribution in [2.45, 2.75) is 46.6 Å². The van der Waals surface area contributed by atoms with Gasteiger partial charge in [0.2, 0.25) is 0 Å². The Morgan fingerprint density at radius 2 is 2.00 bits per heavy atom. The molecule has 1 saturated heterocycles. The van der Waals surface area contributed by atoms with Crippen molar-refractivity contribution in [3.63, 3.8) is 0 Å². The van der Waals surface area contributed by atoms with Gasteiger partial charge in [-0.3, -0.25) is 4.79 Å². The molecule has 1 N–H and O–H groups in total. The Morgan fingerprint density at radius 1 is 1.24 bits per heavy atom. The summed E-state index contributed by atoms with van der Waals surface area (Å²) in [5.74, 6) is 0.562. The number of fused-ring (bicyclic) bond motifs is 1. The average molecular weight is 496 g/mol. The molecule has 0 atom stereocenters. The molecular formula is C27H30ClN3O2S. The van der Waals surface area contributed by atoms with E-state index in [1.807, 2.05) is 25.1 Å². The third-order valence-electron chi connectivity index (χ3n) is 6.11. The molecule has 34 heavy (non-hydrogen) atoms. The zero-order chi connectivity index (χ0) is 24.6. The van der Waals surface area contributed by atoms with E-state index < -0.39 is 0 Å². The maximum atomic E-state index is 12.7. The quantitative estimate of drug-likeness (QED) is 0.455. The van der Waals surface area contributed by atoms with Crippen LogP contribution in [0.1, 0.15) is 50.8 Å². The van der Waals surface area contributed by atoms with Crippen molar-refractivity contribution in [2.24, 2.45) is 4.99 Å².